The van der Waals surface area contributed by atoms with Gasteiger partial charge in [0.1, 0.15) is 5.41 Å². The Labute approximate surface area is 101 Å². The van der Waals surface area contributed by atoms with E-state index in [-0.39, 0.29) is 22.9 Å². The maximum atomic E-state index is 12.3. The van der Waals surface area contributed by atoms with E-state index in [1.54, 1.807) is 0 Å². The first kappa shape index (κ1) is 10.1. The largest absolute Gasteiger partial charge is 0.468 e. The van der Waals surface area contributed by atoms with Gasteiger partial charge < -0.3 is 9.84 Å². The molecule has 0 aromatic rings. The van der Waals surface area contributed by atoms with Gasteiger partial charge in [-0.25, -0.2) is 0 Å². The molecule has 0 radical (unpaired) electrons. The van der Waals surface area contributed by atoms with Crippen LogP contribution in [0.15, 0.2) is 12.2 Å². The SMILES string of the molecule is COC(=O)[C@@]12C=C[C@H]3C[C@@]14CCC[C@H](O)[C@]42C3. The van der Waals surface area contributed by atoms with E-state index < -0.39 is 5.41 Å². The molecule has 0 amide bonds. The van der Waals surface area contributed by atoms with Gasteiger partial charge in [-0.15, -0.1) is 0 Å². The topological polar surface area (TPSA) is 46.5 Å². The number of rotatable bonds is 1. The third-order valence-electron chi connectivity index (χ3n) is 6.22. The van der Waals surface area contributed by atoms with Crippen molar-refractivity contribution in [3.05, 3.63) is 12.2 Å². The molecule has 0 aromatic carbocycles. The molecule has 17 heavy (non-hydrogen) atoms. The van der Waals surface area contributed by atoms with Crippen LogP contribution in [0.25, 0.3) is 0 Å². The number of hydrogen-bond acceptors (Lipinski definition) is 3. The van der Waals surface area contributed by atoms with Gasteiger partial charge in [0.25, 0.3) is 0 Å². The summed E-state index contributed by atoms with van der Waals surface area (Å²) in [6.07, 6.45) is 8.98. The summed E-state index contributed by atoms with van der Waals surface area (Å²) >= 11 is 0. The van der Waals surface area contributed by atoms with Crippen molar-refractivity contribution in [2.24, 2.45) is 22.2 Å². The molecule has 1 N–H and O–H groups in total. The number of allylic oxidation sites excluding steroid dienone is 1. The lowest BCUT2D eigenvalue weighted by Crippen LogP contribution is -2.35. The number of aliphatic hydroxyl groups is 1. The van der Waals surface area contributed by atoms with E-state index in [0.717, 1.165) is 32.1 Å². The van der Waals surface area contributed by atoms with E-state index in [2.05, 4.69) is 12.2 Å². The van der Waals surface area contributed by atoms with E-state index in [0.29, 0.717) is 5.92 Å². The molecule has 5 rings (SSSR count). The van der Waals surface area contributed by atoms with Gasteiger partial charge in [-0.05, 0) is 31.6 Å². The molecule has 4 bridgehead atoms. The Hall–Kier alpha value is -0.830. The second kappa shape index (κ2) is 2.61. The van der Waals surface area contributed by atoms with Gasteiger partial charge in [0.05, 0.1) is 13.2 Å². The van der Waals surface area contributed by atoms with Crippen LogP contribution in [0.3, 0.4) is 0 Å². The quantitative estimate of drug-likeness (QED) is 0.554. The molecule has 0 unspecified atom stereocenters. The van der Waals surface area contributed by atoms with Crippen LogP contribution in [0.1, 0.15) is 32.1 Å². The van der Waals surface area contributed by atoms with Crippen LogP contribution in [-0.4, -0.2) is 24.3 Å². The third kappa shape index (κ3) is 0.703. The predicted octanol–water partition coefficient (Wildman–Crippen LogP) is 1.66. The highest BCUT2D eigenvalue weighted by atomic mass is 16.5. The molecule has 5 atom stereocenters. The highest BCUT2D eigenvalue weighted by molar-refractivity contribution is 5.89. The van der Waals surface area contributed by atoms with Crippen molar-refractivity contribution in [1.82, 2.24) is 0 Å². The van der Waals surface area contributed by atoms with Gasteiger partial charge in [-0.3, -0.25) is 4.79 Å². The average molecular weight is 234 g/mol. The summed E-state index contributed by atoms with van der Waals surface area (Å²) in [6, 6.07) is 0. The van der Waals surface area contributed by atoms with Crippen molar-refractivity contribution >= 4 is 5.97 Å². The summed E-state index contributed by atoms with van der Waals surface area (Å²) in [5.74, 6) is 0.460. The van der Waals surface area contributed by atoms with Gasteiger partial charge in [-0.1, -0.05) is 18.6 Å². The minimum Gasteiger partial charge on any atom is -0.468 e. The standard InChI is InChI=1S/C14H18O3/c1-17-11(16)13-6-4-9-7-12(13)5-2-3-10(15)14(12,13)8-9/h4,6,9-10,15H,2-3,5,7-8H2,1H3/t9-,10-,12-,13-,14+/m0/s1. The van der Waals surface area contributed by atoms with Gasteiger partial charge in [-0.2, -0.15) is 0 Å². The average Bonchev–Trinajstić information content (AvgIpc) is 2.75. The Morgan fingerprint density at radius 1 is 1.47 bits per heavy atom. The molecule has 92 valence electrons. The lowest BCUT2D eigenvalue weighted by molar-refractivity contribution is -0.149. The highest BCUT2D eigenvalue weighted by Crippen LogP contribution is 2.93. The molecule has 3 heteroatoms. The number of esters is 1. The molecule has 5 aliphatic rings. The predicted molar refractivity (Wildman–Crippen MR) is 61.0 cm³/mol. The Morgan fingerprint density at radius 3 is 3.00 bits per heavy atom. The van der Waals surface area contributed by atoms with Crippen LogP contribution in [0.5, 0.6) is 0 Å². The minimum absolute atomic E-state index is 0.0319. The molecule has 2 spiro atoms. The molecule has 0 saturated heterocycles. The van der Waals surface area contributed by atoms with Gasteiger partial charge in [0, 0.05) is 10.8 Å². The normalized spacial score (nSPS) is 57.5. The monoisotopic (exact) mass is 234 g/mol. The van der Waals surface area contributed by atoms with E-state index in [9.17, 15) is 9.90 Å². The van der Waals surface area contributed by atoms with E-state index in [1.807, 2.05) is 0 Å². The number of ether oxygens (including phenoxy) is 1. The number of hydrogen-bond donors (Lipinski definition) is 1. The fourth-order valence-corrected chi connectivity index (χ4v) is 5.87. The first-order valence-corrected chi connectivity index (χ1v) is 6.60. The summed E-state index contributed by atoms with van der Waals surface area (Å²) in [4.78, 5) is 12.3. The highest BCUT2D eigenvalue weighted by Gasteiger charge is 2.94. The second-order valence-corrected chi connectivity index (χ2v) is 6.29. The molecule has 0 heterocycles. The van der Waals surface area contributed by atoms with Crippen molar-refractivity contribution in [3.63, 3.8) is 0 Å². The van der Waals surface area contributed by atoms with Gasteiger partial charge >= 0.3 is 5.97 Å². The number of aliphatic hydroxyl groups excluding tert-OH is 1. The number of carbonyl (C=O) groups is 1. The van der Waals surface area contributed by atoms with Crippen LogP contribution in [0.4, 0.5) is 0 Å². The van der Waals surface area contributed by atoms with Crippen LogP contribution in [0.2, 0.25) is 0 Å². The molecule has 3 fully saturated rings. The molecular weight excluding hydrogens is 216 g/mol. The van der Waals surface area contributed by atoms with Crippen molar-refractivity contribution in [2.45, 2.75) is 38.2 Å². The van der Waals surface area contributed by atoms with Crippen LogP contribution >= 0.6 is 0 Å². The molecule has 0 aromatic heterocycles. The summed E-state index contributed by atoms with van der Waals surface area (Å²) in [7, 11) is 1.47. The molecule has 0 aliphatic heterocycles. The molecule has 3 nitrogen and oxygen atoms in total. The Morgan fingerprint density at radius 2 is 2.29 bits per heavy atom. The van der Waals surface area contributed by atoms with Crippen molar-refractivity contribution in [2.75, 3.05) is 7.11 Å². The summed E-state index contributed by atoms with van der Waals surface area (Å²) < 4.78 is 5.06. The lowest BCUT2D eigenvalue weighted by atomic mass is 9.75. The van der Waals surface area contributed by atoms with Crippen LogP contribution < -0.4 is 0 Å². The smallest absolute Gasteiger partial charge is 0.316 e. The van der Waals surface area contributed by atoms with Gasteiger partial charge in [0.15, 0.2) is 0 Å². The molecule has 3 saturated carbocycles. The van der Waals surface area contributed by atoms with Crippen molar-refractivity contribution < 1.29 is 14.6 Å². The third-order valence-corrected chi connectivity index (χ3v) is 6.22. The second-order valence-electron chi connectivity index (χ2n) is 6.29. The number of carbonyl (C=O) groups excluding carboxylic acids is 1. The zero-order valence-corrected chi connectivity index (χ0v) is 10.1. The van der Waals surface area contributed by atoms with E-state index in [4.69, 9.17) is 4.74 Å². The van der Waals surface area contributed by atoms with E-state index >= 15 is 0 Å². The Bertz CT molecular complexity index is 443. The maximum Gasteiger partial charge on any atom is 0.316 e. The fourth-order valence-electron chi connectivity index (χ4n) is 5.87. The Balaban J connectivity index is 1.93. The minimum atomic E-state index is -0.487. The fraction of sp³-hybridized carbons (Fsp3) is 0.786. The van der Waals surface area contributed by atoms with Crippen LogP contribution in [0, 0.1) is 22.2 Å². The zero-order valence-electron chi connectivity index (χ0n) is 10.1. The molecular formula is C14H18O3. The van der Waals surface area contributed by atoms with Crippen molar-refractivity contribution in [3.8, 4) is 0 Å². The number of methoxy groups -OCH3 is 1. The lowest BCUT2D eigenvalue weighted by Gasteiger charge is -2.31. The van der Waals surface area contributed by atoms with Crippen LogP contribution in [-0.2, 0) is 9.53 Å². The summed E-state index contributed by atoms with van der Waals surface area (Å²) in [6.45, 7) is 0. The maximum absolute atomic E-state index is 12.3. The van der Waals surface area contributed by atoms with E-state index in [1.165, 1.54) is 7.11 Å². The first-order valence-electron chi connectivity index (χ1n) is 6.60. The molecule has 5 aliphatic carbocycles. The first-order chi connectivity index (χ1) is 8.14. The summed E-state index contributed by atoms with van der Waals surface area (Å²) in [5, 5.41) is 10.5. The Kier molecular flexibility index (Phi) is 1.55. The van der Waals surface area contributed by atoms with Gasteiger partial charge in [0.2, 0.25) is 0 Å². The zero-order chi connectivity index (χ0) is 11.9. The van der Waals surface area contributed by atoms with Crippen molar-refractivity contribution in [1.29, 1.82) is 0 Å². The summed E-state index contributed by atoms with van der Waals surface area (Å²) in [5.41, 5.74) is -0.631.